The van der Waals surface area contributed by atoms with Gasteiger partial charge in [0.1, 0.15) is 11.6 Å². The molecule has 19 heavy (non-hydrogen) atoms. The van der Waals surface area contributed by atoms with Gasteiger partial charge in [-0.1, -0.05) is 5.16 Å². The lowest BCUT2D eigenvalue weighted by Crippen LogP contribution is -2.41. The Morgan fingerprint density at radius 2 is 2.26 bits per heavy atom. The van der Waals surface area contributed by atoms with E-state index in [1.807, 2.05) is 17.0 Å². The minimum absolute atomic E-state index is 0.0825. The van der Waals surface area contributed by atoms with Crippen LogP contribution in [0.5, 0.6) is 0 Å². The van der Waals surface area contributed by atoms with Crippen LogP contribution in [-0.2, 0) is 11.2 Å². The van der Waals surface area contributed by atoms with E-state index in [1.54, 1.807) is 6.26 Å². The van der Waals surface area contributed by atoms with Gasteiger partial charge in [0.15, 0.2) is 0 Å². The summed E-state index contributed by atoms with van der Waals surface area (Å²) in [6.45, 7) is 1.33. The number of carbonyl (C=O) groups excluding carboxylic acids is 1. The van der Waals surface area contributed by atoms with Crippen LogP contribution in [0.1, 0.15) is 25.0 Å². The fourth-order valence-electron chi connectivity index (χ4n) is 2.35. The zero-order valence-electron chi connectivity index (χ0n) is 10.8. The maximum absolute atomic E-state index is 12.0. The zero-order chi connectivity index (χ0) is 13.7. The number of hydrogen-bond donors (Lipinski definition) is 2. The first kappa shape index (κ1) is 13.5. The predicted octanol–water partition coefficient (Wildman–Crippen LogP) is 1.20. The first-order valence-electron chi connectivity index (χ1n) is 6.48. The Kier molecular flexibility index (Phi) is 4.43. The number of piperidine rings is 1. The molecule has 0 unspecified atom stereocenters. The van der Waals surface area contributed by atoms with Crippen molar-refractivity contribution in [2.24, 2.45) is 16.8 Å². The fourth-order valence-corrected chi connectivity index (χ4v) is 2.35. The van der Waals surface area contributed by atoms with Gasteiger partial charge in [0.2, 0.25) is 5.91 Å². The number of carbonyl (C=O) groups is 1. The van der Waals surface area contributed by atoms with Gasteiger partial charge < -0.3 is 20.3 Å². The summed E-state index contributed by atoms with van der Waals surface area (Å²) >= 11 is 0. The minimum atomic E-state index is 0.0825. The zero-order valence-corrected chi connectivity index (χ0v) is 10.8. The van der Waals surface area contributed by atoms with Crippen LogP contribution in [-0.4, -0.2) is 34.9 Å². The van der Waals surface area contributed by atoms with Crippen LogP contribution in [0.2, 0.25) is 0 Å². The van der Waals surface area contributed by atoms with Crippen LogP contribution in [0.15, 0.2) is 28.0 Å². The largest absolute Gasteiger partial charge is 0.469 e. The lowest BCUT2D eigenvalue weighted by Gasteiger charge is -2.31. The van der Waals surface area contributed by atoms with Crippen molar-refractivity contribution in [1.82, 2.24) is 4.90 Å². The van der Waals surface area contributed by atoms with Gasteiger partial charge in [-0.05, 0) is 25.0 Å². The second kappa shape index (κ2) is 6.26. The predicted molar refractivity (Wildman–Crippen MR) is 69.7 cm³/mol. The van der Waals surface area contributed by atoms with Crippen molar-refractivity contribution >= 4 is 11.7 Å². The van der Waals surface area contributed by atoms with Crippen molar-refractivity contribution in [2.45, 2.75) is 25.7 Å². The highest BCUT2D eigenvalue weighted by molar-refractivity contribution is 5.83. The summed E-state index contributed by atoms with van der Waals surface area (Å²) in [5.41, 5.74) is 5.58. The molecule has 2 rings (SSSR count). The standard InChI is InChI=1S/C13H19N3O3/c14-13(15-18)10-5-7-16(8-6-10)12(17)4-3-11-2-1-9-19-11/h1-2,9-10,18H,3-8H2,(H2,14,15). The van der Waals surface area contributed by atoms with E-state index < -0.39 is 0 Å². The van der Waals surface area contributed by atoms with Gasteiger partial charge in [-0.25, -0.2) is 0 Å². The number of aryl methyl sites for hydroxylation is 1. The Bertz CT molecular complexity index is 434. The molecule has 1 amide bonds. The lowest BCUT2D eigenvalue weighted by atomic mass is 9.95. The number of likely N-dealkylation sites (tertiary alicyclic amines) is 1. The van der Waals surface area contributed by atoms with Crippen molar-refractivity contribution in [3.05, 3.63) is 24.2 Å². The van der Waals surface area contributed by atoms with E-state index in [0.717, 1.165) is 18.6 Å². The van der Waals surface area contributed by atoms with Gasteiger partial charge in [0.05, 0.1) is 6.26 Å². The van der Waals surface area contributed by atoms with E-state index in [1.165, 1.54) is 0 Å². The molecule has 104 valence electrons. The summed E-state index contributed by atoms with van der Waals surface area (Å²) in [5, 5.41) is 11.7. The number of oxime groups is 1. The molecule has 1 fully saturated rings. The van der Waals surface area contributed by atoms with Crippen LogP contribution in [0.25, 0.3) is 0 Å². The van der Waals surface area contributed by atoms with Gasteiger partial charge >= 0.3 is 0 Å². The van der Waals surface area contributed by atoms with E-state index >= 15 is 0 Å². The van der Waals surface area contributed by atoms with E-state index in [-0.39, 0.29) is 17.7 Å². The van der Waals surface area contributed by atoms with Crippen LogP contribution in [0.4, 0.5) is 0 Å². The molecule has 6 nitrogen and oxygen atoms in total. The molecular formula is C13H19N3O3. The molecule has 2 heterocycles. The van der Waals surface area contributed by atoms with Crippen molar-refractivity contribution in [3.8, 4) is 0 Å². The highest BCUT2D eigenvalue weighted by Crippen LogP contribution is 2.18. The van der Waals surface area contributed by atoms with Crippen molar-refractivity contribution in [3.63, 3.8) is 0 Å². The summed E-state index contributed by atoms with van der Waals surface area (Å²) in [6.07, 6.45) is 4.21. The number of nitrogens with zero attached hydrogens (tertiary/aromatic N) is 2. The molecule has 0 aliphatic carbocycles. The van der Waals surface area contributed by atoms with Crippen LogP contribution in [0.3, 0.4) is 0 Å². The Labute approximate surface area is 111 Å². The monoisotopic (exact) mass is 265 g/mol. The normalized spacial score (nSPS) is 17.7. The molecule has 0 spiro atoms. The SMILES string of the molecule is NC(=NO)C1CCN(C(=O)CCc2ccco2)CC1. The molecule has 0 atom stereocenters. The molecule has 1 aromatic rings. The van der Waals surface area contributed by atoms with E-state index in [4.69, 9.17) is 15.4 Å². The molecule has 1 saturated heterocycles. The topological polar surface area (TPSA) is 92.1 Å². The summed E-state index contributed by atoms with van der Waals surface area (Å²) in [5.74, 6) is 1.32. The molecule has 0 radical (unpaired) electrons. The van der Waals surface area contributed by atoms with Crippen LogP contribution in [0, 0.1) is 5.92 Å². The molecule has 0 bridgehead atoms. The summed E-state index contributed by atoms with van der Waals surface area (Å²) in [4.78, 5) is 13.9. The number of nitrogens with two attached hydrogens (primary N) is 1. The second-order valence-electron chi connectivity index (χ2n) is 4.76. The lowest BCUT2D eigenvalue weighted by molar-refractivity contribution is -0.132. The van der Waals surface area contributed by atoms with Gasteiger partial charge in [0, 0.05) is 31.8 Å². The smallest absolute Gasteiger partial charge is 0.223 e. The van der Waals surface area contributed by atoms with Gasteiger partial charge in [-0.2, -0.15) is 0 Å². The Balaban J connectivity index is 1.76. The Hall–Kier alpha value is -1.98. The number of rotatable bonds is 4. The fraction of sp³-hybridized carbons (Fsp3) is 0.538. The van der Waals surface area contributed by atoms with E-state index in [0.29, 0.717) is 25.9 Å². The second-order valence-corrected chi connectivity index (χ2v) is 4.76. The van der Waals surface area contributed by atoms with Crippen LogP contribution >= 0.6 is 0 Å². The average Bonchev–Trinajstić information content (AvgIpc) is 2.97. The maximum atomic E-state index is 12.0. The van der Waals surface area contributed by atoms with E-state index in [2.05, 4.69) is 5.16 Å². The summed E-state index contributed by atoms with van der Waals surface area (Å²) in [7, 11) is 0. The van der Waals surface area contributed by atoms with E-state index in [9.17, 15) is 4.79 Å². The van der Waals surface area contributed by atoms with Crippen molar-refractivity contribution in [2.75, 3.05) is 13.1 Å². The van der Waals surface area contributed by atoms with Gasteiger partial charge in [-0.3, -0.25) is 4.79 Å². The number of amidine groups is 1. The van der Waals surface area contributed by atoms with Gasteiger partial charge in [-0.15, -0.1) is 0 Å². The molecule has 6 heteroatoms. The molecule has 3 N–H and O–H groups in total. The highest BCUT2D eigenvalue weighted by atomic mass is 16.4. The first-order valence-corrected chi connectivity index (χ1v) is 6.48. The molecule has 1 aliphatic heterocycles. The number of furan rings is 1. The van der Waals surface area contributed by atoms with Crippen molar-refractivity contribution < 1.29 is 14.4 Å². The third-order valence-electron chi connectivity index (χ3n) is 3.55. The molecule has 0 saturated carbocycles. The first-order chi connectivity index (χ1) is 9.20. The van der Waals surface area contributed by atoms with Crippen molar-refractivity contribution in [1.29, 1.82) is 0 Å². The molecular weight excluding hydrogens is 246 g/mol. The Morgan fingerprint density at radius 3 is 2.84 bits per heavy atom. The number of amides is 1. The van der Waals surface area contributed by atoms with Crippen LogP contribution < -0.4 is 5.73 Å². The molecule has 0 aromatic carbocycles. The van der Waals surface area contributed by atoms with Gasteiger partial charge in [0.25, 0.3) is 0 Å². The Morgan fingerprint density at radius 1 is 1.53 bits per heavy atom. The maximum Gasteiger partial charge on any atom is 0.223 e. The molecule has 1 aromatic heterocycles. The highest BCUT2D eigenvalue weighted by Gasteiger charge is 2.25. The third kappa shape index (κ3) is 3.49. The third-order valence-corrected chi connectivity index (χ3v) is 3.55. The summed E-state index contributed by atoms with van der Waals surface area (Å²) in [6, 6.07) is 3.69. The minimum Gasteiger partial charge on any atom is -0.469 e. The summed E-state index contributed by atoms with van der Waals surface area (Å²) < 4.78 is 5.20. The quantitative estimate of drug-likeness (QED) is 0.370. The molecule has 1 aliphatic rings. The average molecular weight is 265 g/mol. The number of hydrogen-bond acceptors (Lipinski definition) is 4.